The van der Waals surface area contributed by atoms with Gasteiger partial charge in [0.1, 0.15) is 17.5 Å². The Kier molecular flexibility index (Phi) is 12.2. The number of aliphatic hydroxyl groups is 1. The second-order valence-electron chi connectivity index (χ2n) is 16.2. The first kappa shape index (κ1) is 43.2. The highest BCUT2D eigenvalue weighted by molar-refractivity contribution is 7.90. The van der Waals surface area contributed by atoms with E-state index < -0.39 is 33.5 Å². The van der Waals surface area contributed by atoms with E-state index in [0.29, 0.717) is 81.5 Å². The van der Waals surface area contributed by atoms with Crippen molar-refractivity contribution >= 4 is 67.6 Å². The molecule has 19 heteroatoms. The largest absolute Gasteiger partial charge is 0.389 e. The van der Waals surface area contributed by atoms with Crippen LogP contribution >= 0.6 is 0 Å². The number of hydrogen-bond acceptors (Lipinski definition) is 12. The minimum absolute atomic E-state index is 0.0508. The highest BCUT2D eigenvalue weighted by Crippen LogP contribution is 2.32. The van der Waals surface area contributed by atoms with Gasteiger partial charge in [-0.3, -0.25) is 29.2 Å². The number of imide groups is 1. The molecular weight excluding hydrogens is 832 g/mol. The molecular formula is C44H49FN10O7S. The normalized spacial score (nSPS) is 18.1. The first-order valence-corrected chi connectivity index (χ1v) is 22.4. The Hall–Kier alpha value is -6.44. The standard InChI is InChI=1S/C44H49FN10O7S/c1-3-52(2)63(61,62)51-35-6-4-5-32(40(35)45)41(58)34-27-48-42-33(34)23-29(26-47-42)28-7-13-37(46-25-28)54-19-21-55(22-20-54)39(57)24-44(60)15-17-53(18-16-44)31-10-8-30(9-11-31)49-36-12-14-38(56)50-43(36)59/h4-11,13,23,25-27,36,49,51,60H,3,12,14-22,24H2,1-2H3,(H,47,48)(H,50,56,59). The maximum atomic E-state index is 15.6. The molecule has 1 unspecified atom stereocenters. The summed E-state index contributed by atoms with van der Waals surface area (Å²) in [6.45, 7) is 5.10. The number of rotatable bonds is 13. The number of pyridine rings is 2. The number of aromatic nitrogens is 3. The number of halogens is 1. The molecule has 0 saturated carbocycles. The van der Waals surface area contributed by atoms with Crippen LogP contribution in [-0.4, -0.2) is 126 Å². The van der Waals surface area contributed by atoms with Gasteiger partial charge >= 0.3 is 10.2 Å². The van der Waals surface area contributed by atoms with E-state index >= 15 is 4.39 Å². The van der Waals surface area contributed by atoms with Gasteiger partial charge in [0.05, 0.1) is 23.3 Å². The fraction of sp³-hybridized carbons (Fsp3) is 0.364. The Morgan fingerprint density at radius 2 is 1.67 bits per heavy atom. The van der Waals surface area contributed by atoms with E-state index in [9.17, 15) is 32.7 Å². The summed E-state index contributed by atoms with van der Waals surface area (Å²) >= 11 is 0. The Balaban J connectivity index is 0.836. The fourth-order valence-corrected chi connectivity index (χ4v) is 9.08. The average Bonchev–Trinajstić information content (AvgIpc) is 3.71. The van der Waals surface area contributed by atoms with Crippen molar-refractivity contribution in [1.82, 2.24) is 29.5 Å². The number of nitrogens with one attached hydrogen (secondary N) is 4. The van der Waals surface area contributed by atoms with Gasteiger partial charge in [-0.05, 0) is 73.9 Å². The molecule has 330 valence electrons. The van der Waals surface area contributed by atoms with E-state index in [1.54, 1.807) is 30.3 Å². The van der Waals surface area contributed by atoms with Gasteiger partial charge in [0.15, 0.2) is 11.6 Å². The van der Waals surface area contributed by atoms with Crippen LogP contribution in [0.4, 0.5) is 27.3 Å². The molecule has 5 N–H and O–H groups in total. The third kappa shape index (κ3) is 9.35. The van der Waals surface area contributed by atoms with Gasteiger partial charge < -0.3 is 30.1 Å². The molecule has 6 heterocycles. The number of ketones is 1. The summed E-state index contributed by atoms with van der Waals surface area (Å²) in [5, 5.41) is 17.4. The number of piperazine rings is 1. The number of nitrogens with zero attached hydrogens (tertiary/aromatic N) is 6. The molecule has 17 nitrogen and oxygen atoms in total. The van der Waals surface area contributed by atoms with Crippen molar-refractivity contribution in [2.24, 2.45) is 0 Å². The monoisotopic (exact) mass is 880 g/mol. The summed E-state index contributed by atoms with van der Waals surface area (Å²) in [5.74, 6) is -1.56. The summed E-state index contributed by atoms with van der Waals surface area (Å²) in [7, 11) is -2.66. The second kappa shape index (κ2) is 17.7. The van der Waals surface area contributed by atoms with E-state index in [4.69, 9.17) is 4.98 Å². The van der Waals surface area contributed by atoms with Crippen LogP contribution in [0.15, 0.2) is 79.3 Å². The summed E-state index contributed by atoms with van der Waals surface area (Å²) in [6.07, 6.45) is 6.50. The predicted octanol–water partition coefficient (Wildman–Crippen LogP) is 3.89. The lowest BCUT2D eigenvalue weighted by Crippen LogP contribution is -2.52. The summed E-state index contributed by atoms with van der Waals surface area (Å²) in [6, 6.07) is 16.8. The third-order valence-electron chi connectivity index (χ3n) is 12.1. The molecule has 0 spiro atoms. The van der Waals surface area contributed by atoms with Crippen LogP contribution < -0.4 is 25.2 Å². The molecule has 3 amide bonds. The van der Waals surface area contributed by atoms with Crippen molar-refractivity contribution in [2.45, 2.75) is 50.7 Å². The van der Waals surface area contributed by atoms with E-state index in [2.05, 4.69) is 35.1 Å². The van der Waals surface area contributed by atoms with Gasteiger partial charge in [-0.2, -0.15) is 12.7 Å². The Labute approximate surface area is 363 Å². The van der Waals surface area contributed by atoms with Gasteiger partial charge in [-0.1, -0.05) is 13.0 Å². The molecule has 5 aromatic rings. The molecule has 8 rings (SSSR count). The predicted molar refractivity (Wildman–Crippen MR) is 236 cm³/mol. The second-order valence-corrected chi connectivity index (χ2v) is 18.0. The van der Waals surface area contributed by atoms with E-state index in [0.717, 1.165) is 27.1 Å². The minimum atomic E-state index is -4.02. The zero-order chi connectivity index (χ0) is 44.5. The van der Waals surface area contributed by atoms with Crippen LogP contribution in [0, 0.1) is 5.82 Å². The average molecular weight is 881 g/mol. The van der Waals surface area contributed by atoms with Crippen LogP contribution in [0.5, 0.6) is 0 Å². The maximum Gasteiger partial charge on any atom is 0.301 e. The van der Waals surface area contributed by atoms with Crippen molar-refractivity contribution < 1.29 is 37.1 Å². The smallest absolute Gasteiger partial charge is 0.301 e. The summed E-state index contributed by atoms with van der Waals surface area (Å²) in [5.41, 5.74) is 2.03. The zero-order valence-corrected chi connectivity index (χ0v) is 35.8. The molecule has 0 radical (unpaired) electrons. The Morgan fingerprint density at radius 3 is 2.35 bits per heavy atom. The van der Waals surface area contributed by atoms with Gasteiger partial charge in [0, 0.05) is 111 Å². The first-order valence-electron chi connectivity index (χ1n) is 20.9. The lowest BCUT2D eigenvalue weighted by molar-refractivity contribution is -0.138. The number of fused-ring (bicyclic) bond motifs is 1. The molecule has 3 aromatic heterocycles. The van der Waals surface area contributed by atoms with Crippen molar-refractivity contribution in [1.29, 1.82) is 0 Å². The number of benzene rings is 2. The van der Waals surface area contributed by atoms with E-state index in [1.807, 2.05) is 36.4 Å². The summed E-state index contributed by atoms with van der Waals surface area (Å²) < 4.78 is 43.9. The molecule has 3 fully saturated rings. The Bertz CT molecular complexity index is 2640. The van der Waals surface area contributed by atoms with Crippen LogP contribution in [0.1, 0.15) is 54.9 Å². The number of carbonyl (C=O) groups excluding carboxylic acids is 4. The van der Waals surface area contributed by atoms with Crippen LogP contribution in [0.2, 0.25) is 0 Å². The van der Waals surface area contributed by atoms with Crippen LogP contribution in [0.25, 0.3) is 22.2 Å². The van der Waals surface area contributed by atoms with Gasteiger partial charge in [0.25, 0.3) is 0 Å². The molecule has 2 aromatic carbocycles. The van der Waals surface area contributed by atoms with E-state index in [1.165, 1.54) is 31.4 Å². The first-order chi connectivity index (χ1) is 30.2. The van der Waals surface area contributed by atoms with E-state index in [-0.39, 0.29) is 47.5 Å². The third-order valence-corrected chi connectivity index (χ3v) is 13.7. The fourth-order valence-electron chi connectivity index (χ4n) is 8.15. The maximum absolute atomic E-state index is 15.6. The number of piperidine rings is 2. The van der Waals surface area contributed by atoms with Crippen molar-refractivity contribution in [3.05, 3.63) is 96.2 Å². The molecule has 3 aliphatic rings. The molecule has 3 saturated heterocycles. The van der Waals surface area contributed by atoms with Gasteiger partial charge in [-0.25, -0.2) is 14.4 Å². The molecule has 0 aliphatic carbocycles. The topological polar surface area (TPSA) is 213 Å². The Morgan fingerprint density at radius 1 is 0.937 bits per heavy atom. The number of hydrogen-bond donors (Lipinski definition) is 5. The van der Waals surface area contributed by atoms with Crippen LogP contribution in [0.3, 0.4) is 0 Å². The minimum Gasteiger partial charge on any atom is -0.389 e. The molecule has 3 aliphatic heterocycles. The molecule has 63 heavy (non-hydrogen) atoms. The van der Waals surface area contributed by atoms with Crippen molar-refractivity contribution in [3.63, 3.8) is 0 Å². The van der Waals surface area contributed by atoms with Gasteiger partial charge in [-0.15, -0.1) is 0 Å². The quantitative estimate of drug-likeness (QED) is 0.0843. The van der Waals surface area contributed by atoms with Gasteiger partial charge in [0.2, 0.25) is 17.7 Å². The summed E-state index contributed by atoms with van der Waals surface area (Å²) in [4.78, 5) is 68.9. The number of carbonyl (C=O) groups is 4. The lowest BCUT2D eigenvalue weighted by atomic mass is 9.87. The molecule has 0 bridgehead atoms. The SMILES string of the molecule is CCN(C)S(=O)(=O)Nc1cccc(C(=O)c2c[nH]c3ncc(-c4ccc(N5CCN(C(=O)CC6(O)CCN(c7ccc(NC8CCC(=O)NC8=O)cc7)CC6)CC5)nc4)cc23)c1F. The highest BCUT2D eigenvalue weighted by Gasteiger charge is 2.37. The number of aromatic amines is 1. The molecule has 1 atom stereocenters. The number of H-pyrrole nitrogens is 1. The number of amides is 3. The van der Waals surface area contributed by atoms with Crippen LogP contribution in [-0.2, 0) is 24.6 Å². The lowest BCUT2D eigenvalue weighted by Gasteiger charge is -2.41. The zero-order valence-electron chi connectivity index (χ0n) is 34.9. The van der Waals surface area contributed by atoms with Crippen molar-refractivity contribution in [3.8, 4) is 11.1 Å². The van der Waals surface area contributed by atoms with Crippen molar-refractivity contribution in [2.75, 3.05) is 72.7 Å². The highest BCUT2D eigenvalue weighted by atomic mass is 32.2. The number of anilines is 4.